The lowest BCUT2D eigenvalue weighted by atomic mass is 10.0. The van der Waals surface area contributed by atoms with Crippen molar-refractivity contribution in [3.63, 3.8) is 0 Å². The lowest BCUT2D eigenvalue weighted by Gasteiger charge is -2.12. The van der Waals surface area contributed by atoms with E-state index < -0.39 is 0 Å². The van der Waals surface area contributed by atoms with Crippen LogP contribution in [0.15, 0.2) is 42.5 Å². The maximum atomic E-state index is 11.6. The smallest absolute Gasteiger partial charge is 0.224 e. The number of carbonyl (C=O) groups is 2. The van der Waals surface area contributed by atoms with Crippen molar-refractivity contribution in [1.29, 1.82) is 0 Å². The Balaban J connectivity index is 2.00. The molecule has 0 aliphatic rings. The molecule has 23 heavy (non-hydrogen) atoms. The molecule has 0 aromatic heterocycles. The molecule has 2 aromatic rings. The average Bonchev–Trinajstić information content (AvgIpc) is 2.53. The van der Waals surface area contributed by atoms with Crippen LogP contribution in [0.1, 0.15) is 29.5 Å². The zero-order valence-electron chi connectivity index (χ0n) is 13.5. The van der Waals surface area contributed by atoms with Gasteiger partial charge in [0.2, 0.25) is 5.91 Å². The number of carbonyl (C=O) groups excluding carboxylic acids is 2. The van der Waals surface area contributed by atoms with Gasteiger partial charge in [0.15, 0.2) is 0 Å². The summed E-state index contributed by atoms with van der Waals surface area (Å²) in [5, 5.41) is 2.76. The molecular formula is C19H21NO3. The van der Waals surface area contributed by atoms with Crippen molar-refractivity contribution in [1.82, 2.24) is 0 Å². The van der Waals surface area contributed by atoms with E-state index in [0.29, 0.717) is 18.0 Å². The Labute approximate surface area is 136 Å². The molecule has 4 nitrogen and oxygen atoms in total. The molecule has 2 rings (SSSR count). The number of aryl methyl sites for hydroxylation is 2. The fraction of sp³-hybridized carbons (Fsp3) is 0.263. The number of amides is 1. The number of rotatable bonds is 7. The number of hydrogen-bond donors (Lipinski definition) is 1. The Hall–Kier alpha value is -2.62. The number of benzene rings is 2. The SMILES string of the molecule is Cc1cccc(C)c1COc1cccc(NC(=O)CCC=O)c1. The minimum absolute atomic E-state index is 0.177. The summed E-state index contributed by atoms with van der Waals surface area (Å²) in [6.07, 6.45) is 1.16. The van der Waals surface area contributed by atoms with Gasteiger partial charge in [-0.15, -0.1) is 0 Å². The Morgan fingerprint density at radius 2 is 1.83 bits per heavy atom. The summed E-state index contributed by atoms with van der Waals surface area (Å²) in [4.78, 5) is 21.9. The van der Waals surface area contributed by atoms with Gasteiger partial charge in [-0.05, 0) is 42.7 Å². The van der Waals surface area contributed by atoms with Crippen LogP contribution >= 0.6 is 0 Å². The molecule has 1 amide bonds. The summed E-state index contributed by atoms with van der Waals surface area (Å²) in [5.74, 6) is 0.518. The molecule has 0 atom stereocenters. The summed E-state index contributed by atoms with van der Waals surface area (Å²) in [7, 11) is 0. The van der Waals surface area contributed by atoms with Crippen LogP contribution in [0.2, 0.25) is 0 Å². The third-order valence-electron chi connectivity index (χ3n) is 3.63. The molecule has 0 saturated carbocycles. The molecule has 4 heteroatoms. The standard InChI is InChI=1S/C19H21NO3/c1-14-6-3-7-15(2)18(14)13-23-17-9-4-8-16(12-17)20-19(22)10-5-11-21/h3-4,6-9,11-12H,5,10,13H2,1-2H3,(H,20,22). The lowest BCUT2D eigenvalue weighted by Crippen LogP contribution is -2.11. The fourth-order valence-electron chi connectivity index (χ4n) is 2.31. The van der Waals surface area contributed by atoms with E-state index in [4.69, 9.17) is 4.74 Å². The fourth-order valence-corrected chi connectivity index (χ4v) is 2.31. The van der Waals surface area contributed by atoms with Crippen LogP contribution in [0.5, 0.6) is 5.75 Å². The van der Waals surface area contributed by atoms with E-state index in [1.165, 1.54) is 16.7 Å². The predicted molar refractivity (Wildman–Crippen MR) is 90.6 cm³/mol. The summed E-state index contributed by atoms with van der Waals surface area (Å²) >= 11 is 0. The van der Waals surface area contributed by atoms with Crippen molar-refractivity contribution in [3.8, 4) is 5.75 Å². The largest absolute Gasteiger partial charge is 0.489 e. The zero-order valence-corrected chi connectivity index (χ0v) is 13.5. The van der Waals surface area contributed by atoms with Crippen molar-refractivity contribution in [2.45, 2.75) is 33.3 Å². The van der Waals surface area contributed by atoms with Gasteiger partial charge in [-0.25, -0.2) is 0 Å². The van der Waals surface area contributed by atoms with Crippen molar-refractivity contribution < 1.29 is 14.3 Å². The van der Waals surface area contributed by atoms with Crippen molar-refractivity contribution in [2.75, 3.05) is 5.32 Å². The van der Waals surface area contributed by atoms with Crippen LogP contribution in [-0.4, -0.2) is 12.2 Å². The predicted octanol–water partition coefficient (Wildman–Crippen LogP) is 3.80. The van der Waals surface area contributed by atoms with Crippen LogP contribution in [0.4, 0.5) is 5.69 Å². The molecule has 0 radical (unpaired) electrons. The monoisotopic (exact) mass is 311 g/mol. The molecule has 0 bridgehead atoms. The van der Waals surface area contributed by atoms with Crippen molar-refractivity contribution >= 4 is 17.9 Å². The van der Waals surface area contributed by atoms with Crippen LogP contribution in [0.25, 0.3) is 0 Å². The van der Waals surface area contributed by atoms with E-state index >= 15 is 0 Å². The molecular weight excluding hydrogens is 290 g/mol. The van der Waals surface area contributed by atoms with Gasteiger partial charge in [0.05, 0.1) is 0 Å². The zero-order chi connectivity index (χ0) is 16.7. The molecule has 0 spiro atoms. The summed E-state index contributed by atoms with van der Waals surface area (Å²) < 4.78 is 5.85. The first-order chi connectivity index (χ1) is 11.1. The van der Waals surface area contributed by atoms with Crippen molar-refractivity contribution in [3.05, 3.63) is 59.2 Å². The van der Waals surface area contributed by atoms with Crippen LogP contribution in [0.3, 0.4) is 0 Å². The van der Waals surface area contributed by atoms with Gasteiger partial charge in [-0.1, -0.05) is 24.3 Å². The molecule has 0 aliphatic carbocycles. The highest BCUT2D eigenvalue weighted by molar-refractivity contribution is 5.91. The van der Waals surface area contributed by atoms with Gasteiger partial charge in [0, 0.05) is 24.6 Å². The van der Waals surface area contributed by atoms with Gasteiger partial charge in [0.25, 0.3) is 0 Å². The minimum atomic E-state index is -0.177. The summed E-state index contributed by atoms with van der Waals surface area (Å²) in [6, 6.07) is 13.4. The molecule has 0 heterocycles. The Bertz CT molecular complexity index is 675. The molecule has 2 aromatic carbocycles. The third kappa shape index (κ3) is 4.95. The first-order valence-electron chi connectivity index (χ1n) is 7.61. The molecule has 0 saturated heterocycles. The minimum Gasteiger partial charge on any atom is -0.489 e. The maximum Gasteiger partial charge on any atom is 0.224 e. The quantitative estimate of drug-likeness (QED) is 0.791. The Morgan fingerprint density at radius 1 is 1.13 bits per heavy atom. The first-order valence-corrected chi connectivity index (χ1v) is 7.61. The molecule has 0 unspecified atom stereocenters. The van der Waals surface area contributed by atoms with Gasteiger partial charge in [0.1, 0.15) is 18.6 Å². The van der Waals surface area contributed by atoms with Crippen LogP contribution < -0.4 is 10.1 Å². The van der Waals surface area contributed by atoms with E-state index in [2.05, 4.69) is 31.3 Å². The van der Waals surface area contributed by atoms with Gasteiger partial charge in [-0.3, -0.25) is 4.79 Å². The molecule has 120 valence electrons. The Morgan fingerprint density at radius 3 is 2.52 bits per heavy atom. The number of anilines is 1. The normalized spacial score (nSPS) is 10.2. The van der Waals surface area contributed by atoms with E-state index in [9.17, 15) is 9.59 Å². The topological polar surface area (TPSA) is 55.4 Å². The second kappa shape index (κ2) is 8.13. The first kappa shape index (κ1) is 16.7. The van der Waals surface area contributed by atoms with E-state index in [1.54, 1.807) is 12.1 Å². The van der Waals surface area contributed by atoms with Crippen LogP contribution in [0, 0.1) is 13.8 Å². The van der Waals surface area contributed by atoms with E-state index in [-0.39, 0.29) is 18.7 Å². The number of hydrogen-bond acceptors (Lipinski definition) is 3. The highest BCUT2D eigenvalue weighted by atomic mass is 16.5. The highest BCUT2D eigenvalue weighted by Crippen LogP contribution is 2.21. The van der Waals surface area contributed by atoms with E-state index in [1.807, 2.05) is 18.2 Å². The molecule has 0 aliphatic heterocycles. The van der Waals surface area contributed by atoms with Crippen molar-refractivity contribution in [2.24, 2.45) is 0 Å². The number of nitrogens with one attached hydrogen (secondary N) is 1. The average molecular weight is 311 g/mol. The highest BCUT2D eigenvalue weighted by Gasteiger charge is 2.05. The second-order valence-electron chi connectivity index (χ2n) is 5.44. The third-order valence-corrected chi connectivity index (χ3v) is 3.63. The van der Waals surface area contributed by atoms with Gasteiger partial charge < -0.3 is 14.8 Å². The van der Waals surface area contributed by atoms with E-state index in [0.717, 1.165) is 6.29 Å². The Kier molecular flexibility index (Phi) is 5.92. The lowest BCUT2D eigenvalue weighted by molar-refractivity contribution is -0.118. The number of ether oxygens (including phenoxy) is 1. The summed E-state index contributed by atoms with van der Waals surface area (Å²) in [6.45, 7) is 4.62. The van der Waals surface area contributed by atoms with Gasteiger partial charge in [-0.2, -0.15) is 0 Å². The second-order valence-corrected chi connectivity index (χ2v) is 5.44. The van der Waals surface area contributed by atoms with Gasteiger partial charge >= 0.3 is 0 Å². The summed E-state index contributed by atoms with van der Waals surface area (Å²) in [5.41, 5.74) is 4.24. The molecule has 1 N–H and O–H groups in total. The number of aldehydes is 1. The maximum absolute atomic E-state index is 11.6. The molecule has 0 fully saturated rings. The van der Waals surface area contributed by atoms with Crippen LogP contribution in [-0.2, 0) is 16.2 Å².